The first-order valence-corrected chi connectivity index (χ1v) is 5.95. The Morgan fingerprint density at radius 3 is 2.05 bits per heavy atom. The largest absolute Gasteiger partial charge is 0.475 e. The molecular formula is C11H19NO9. The highest BCUT2D eigenvalue weighted by Crippen LogP contribution is 2.11. The molecule has 0 heterocycles. The maximum Gasteiger partial charge on any atom is 0.372 e. The number of aliphatic hydroxyl groups is 4. The predicted molar refractivity (Wildman–Crippen MR) is 65.9 cm³/mol. The van der Waals surface area contributed by atoms with Gasteiger partial charge in [-0.1, -0.05) is 0 Å². The second-order valence-electron chi connectivity index (χ2n) is 4.39. The fourth-order valence-corrected chi connectivity index (χ4v) is 1.52. The number of carboxylic acids is 1. The summed E-state index contributed by atoms with van der Waals surface area (Å²) in [6.45, 7) is 0.205. The molecule has 0 aromatic carbocycles. The zero-order valence-electron chi connectivity index (χ0n) is 11.2. The summed E-state index contributed by atoms with van der Waals surface area (Å²) in [6.07, 6.45) is -7.78. The zero-order valence-corrected chi connectivity index (χ0v) is 11.2. The van der Waals surface area contributed by atoms with E-state index in [1.165, 1.54) is 0 Å². The monoisotopic (exact) mass is 309 g/mol. The summed E-state index contributed by atoms with van der Waals surface area (Å²) in [5, 5.41) is 46.3. The van der Waals surface area contributed by atoms with Crippen molar-refractivity contribution >= 4 is 17.7 Å². The van der Waals surface area contributed by atoms with Crippen LogP contribution in [0.2, 0.25) is 0 Å². The Hall–Kier alpha value is -1.59. The molecule has 5 atom stereocenters. The molecule has 0 fully saturated rings. The van der Waals surface area contributed by atoms with Crippen LogP contribution in [0.5, 0.6) is 0 Å². The Bertz CT molecular complexity index is 386. The number of Topliss-reactive ketones (excluding diaryl/α,β-unsaturated/α-hetero) is 1. The van der Waals surface area contributed by atoms with Gasteiger partial charge in [-0.25, -0.2) is 4.79 Å². The molecule has 0 saturated heterocycles. The predicted octanol–water partition coefficient (Wildman–Crippen LogP) is -3.64. The Morgan fingerprint density at radius 1 is 1.14 bits per heavy atom. The molecule has 10 nitrogen and oxygen atoms in total. The van der Waals surface area contributed by atoms with Crippen LogP contribution in [-0.4, -0.2) is 80.3 Å². The van der Waals surface area contributed by atoms with Crippen LogP contribution >= 0.6 is 0 Å². The van der Waals surface area contributed by atoms with E-state index in [1.54, 1.807) is 0 Å². The number of esters is 1. The van der Waals surface area contributed by atoms with E-state index in [1.807, 2.05) is 0 Å². The molecular weight excluding hydrogens is 290 g/mol. The maximum absolute atomic E-state index is 10.9. The average Bonchev–Trinajstić information content (AvgIpc) is 2.41. The lowest BCUT2D eigenvalue weighted by Gasteiger charge is -2.30. The average molecular weight is 309 g/mol. The molecule has 0 aliphatic carbocycles. The third kappa shape index (κ3) is 6.14. The van der Waals surface area contributed by atoms with Gasteiger partial charge in [-0.2, -0.15) is 0 Å². The molecule has 7 N–H and O–H groups in total. The second-order valence-corrected chi connectivity index (χ2v) is 4.39. The number of nitrogens with two attached hydrogens (primary N) is 1. The SMILES string of the molecule is CC(=O)O[C@H](CO)[C@@H](O)[C@H](O)[C@H](N)[C@@H](O)CC(=O)C(=O)O. The van der Waals surface area contributed by atoms with E-state index < -0.39 is 61.2 Å². The second kappa shape index (κ2) is 8.64. The van der Waals surface area contributed by atoms with Crippen LogP contribution in [0.15, 0.2) is 0 Å². The van der Waals surface area contributed by atoms with E-state index in [2.05, 4.69) is 4.74 Å². The molecule has 0 aromatic rings. The van der Waals surface area contributed by atoms with E-state index in [9.17, 15) is 29.7 Å². The van der Waals surface area contributed by atoms with E-state index >= 15 is 0 Å². The maximum atomic E-state index is 10.9. The minimum Gasteiger partial charge on any atom is -0.475 e. The highest BCUT2D eigenvalue weighted by Gasteiger charge is 2.36. The first kappa shape index (κ1) is 19.4. The molecule has 0 aromatic heterocycles. The smallest absolute Gasteiger partial charge is 0.372 e. The van der Waals surface area contributed by atoms with Crippen molar-refractivity contribution in [3.63, 3.8) is 0 Å². The van der Waals surface area contributed by atoms with Gasteiger partial charge in [0.25, 0.3) is 0 Å². The molecule has 10 heteroatoms. The van der Waals surface area contributed by atoms with E-state index in [-0.39, 0.29) is 0 Å². The lowest BCUT2D eigenvalue weighted by Crippen LogP contribution is -2.55. The number of hydrogen-bond acceptors (Lipinski definition) is 9. The minimum absolute atomic E-state index is 0.811. The van der Waals surface area contributed by atoms with E-state index in [0.717, 1.165) is 6.92 Å². The summed E-state index contributed by atoms with van der Waals surface area (Å²) in [7, 11) is 0. The Balaban J connectivity index is 4.72. The molecule has 0 amide bonds. The minimum atomic E-state index is -1.86. The van der Waals surface area contributed by atoms with Gasteiger partial charge in [0, 0.05) is 13.3 Å². The van der Waals surface area contributed by atoms with Crippen molar-refractivity contribution < 1.29 is 44.7 Å². The van der Waals surface area contributed by atoms with Crippen LogP contribution in [0.4, 0.5) is 0 Å². The topological polar surface area (TPSA) is 188 Å². The van der Waals surface area contributed by atoms with Crippen molar-refractivity contribution in [3.05, 3.63) is 0 Å². The Labute approximate surface area is 119 Å². The van der Waals surface area contributed by atoms with E-state index in [4.69, 9.17) is 15.9 Å². The highest BCUT2D eigenvalue weighted by atomic mass is 16.6. The number of aliphatic hydroxyl groups excluding tert-OH is 4. The molecule has 122 valence electrons. The number of ether oxygens (including phenoxy) is 1. The van der Waals surface area contributed by atoms with Gasteiger partial charge in [0.2, 0.25) is 5.78 Å². The van der Waals surface area contributed by atoms with Crippen LogP contribution in [0, 0.1) is 0 Å². The van der Waals surface area contributed by atoms with Gasteiger partial charge in [-0.15, -0.1) is 0 Å². The van der Waals surface area contributed by atoms with Gasteiger partial charge in [0.1, 0.15) is 12.2 Å². The van der Waals surface area contributed by atoms with Gasteiger partial charge >= 0.3 is 11.9 Å². The summed E-state index contributed by atoms with van der Waals surface area (Å²) in [5.41, 5.74) is 5.41. The molecule has 0 spiro atoms. The fourth-order valence-electron chi connectivity index (χ4n) is 1.52. The van der Waals surface area contributed by atoms with Crippen molar-refractivity contribution in [2.45, 2.75) is 43.8 Å². The molecule has 21 heavy (non-hydrogen) atoms. The van der Waals surface area contributed by atoms with Crippen molar-refractivity contribution in [3.8, 4) is 0 Å². The third-order valence-electron chi connectivity index (χ3n) is 2.70. The molecule has 0 bridgehead atoms. The van der Waals surface area contributed by atoms with Gasteiger partial charge in [0.15, 0.2) is 6.10 Å². The lowest BCUT2D eigenvalue weighted by atomic mass is 9.95. The summed E-state index contributed by atoms with van der Waals surface area (Å²) < 4.78 is 4.53. The van der Waals surface area contributed by atoms with Crippen molar-refractivity contribution in [2.24, 2.45) is 5.73 Å². The zero-order chi connectivity index (χ0) is 16.7. The van der Waals surface area contributed by atoms with Crippen LogP contribution in [0.3, 0.4) is 0 Å². The van der Waals surface area contributed by atoms with Crippen LogP contribution in [-0.2, 0) is 19.1 Å². The van der Waals surface area contributed by atoms with Gasteiger partial charge in [0.05, 0.1) is 18.8 Å². The number of ketones is 1. The molecule has 0 saturated carbocycles. The standard InChI is InChI=1S/C11H19NO9/c1-4(14)21-7(3-13)9(17)10(18)8(12)5(15)2-6(16)11(19)20/h5,7-10,13,15,17-18H,2-3,12H2,1H3,(H,19,20)/t5-,7+,8+,9+,10+/m0/s1. The molecule has 0 aliphatic heterocycles. The number of carboxylic acid groups (broad SMARTS) is 1. The fraction of sp³-hybridized carbons (Fsp3) is 0.727. The Morgan fingerprint density at radius 2 is 1.67 bits per heavy atom. The summed E-state index contributed by atoms with van der Waals surface area (Å²) in [5.74, 6) is -3.92. The number of carbonyl (C=O) groups is 3. The first-order chi connectivity index (χ1) is 9.61. The van der Waals surface area contributed by atoms with Crippen molar-refractivity contribution in [2.75, 3.05) is 6.61 Å². The highest BCUT2D eigenvalue weighted by molar-refractivity contribution is 6.32. The number of rotatable bonds is 9. The van der Waals surface area contributed by atoms with Crippen LogP contribution < -0.4 is 5.73 Å². The quantitative estimate of drug-likeness (QED) is 0.183. The third-order valence-corrected chi connectivity index (χ3v) is 2.70. The van der Waals surface area contributed by atoms with Crippen molar-refractivity contribution in [1.29, 1.82) is 0 Å². The molecule has 0 rings (SSSR count). The van der Waals surface area contributed by atoms with Crippen LogP contribution in [0.1, 0.15) is 13.3 Å². The van der Waals surface area contributed by atoms with Crippen molar-refractivity contribution in [1.82, 2.24) is 0 Å². The normalized spacial score (nSPS) is 18.2. The lowest BCUT2D eigenvalue weighted by molar-refractivity contribution is -0.163. The molecule has 0 aliphatic rings. The number of hydrogen-bond donors (Lipinski definition) is 6. The first-order valence-electron chi connectivity index (χ1n) is 5.95. The van der Waals surface area contributed by atoms with Crippen LogP contribution in [0.25, 0.3) is 0 Å². The number of carbonyl (C=O) groups excluding carboxylic acids is 2. The summed E-state index contributed by atoms with van der Waals surface area (Å²) in [4.78, 5) is 32.0. The summed E-state index contributed by atoms with van der Waals surface area (Å²) >= 11 is 0. The van der Waals surface area contributed by atoms with Gasteiger partial charge in [-0.05, 0) is 0 Å². The van der Waals surface area contributed by atoms with Gasteiger partial charge in [-0.3, -0.25) is 9.59 Å². The molecule has 0 radical (unpaired) electrons. The molecule has 0 unspecified atom stereocenters. The number of aliphatic carboxylic acids is 1. The summed E-state index contributed by atoms with van der Waals surface area (Å²) in [6, 6.07) is -1.59. The Kier molecular flexibility index (Phi) is 7.99. The van der Waals surface area contributed by atoms with E-state index in [0.29, 0.717) is 0 Å². The van der Waals surface area contributed by atoms with Gasteiger partial charge < -0.3 is 36.0 Å².